The predicted octanol–water partition coefficient (Wildman–Crippen LogP) is 1.42. The van der Waals surface area contributed by atoms with Crippen LogP contribution in [0.3, 0.4) is 0 Å². The molecule has 0 spiro atoms. The highest BCUT2D eigenvalue weighted by molar-refractivity contribution is 7.87. The van der Waals surface area contributed by atoms with Crippen molar-refractivity contribution < 1.29 is 35.0 Å². The zero-order chi connectivity index (χ0) is 15.8. The maximum absolute atomic E-state index is 12.3. The Kier molecular flexibility index (Phi) is 3.53. The molecule has 7 nitrogen and oxygen atoms in total. The van der Waals surface area contributed by atoms with E-state index < -0.39 is 33.1 Å². The van der Waals surface area contributed by atoms with Crippen LogP contribution in [-0.2, 0) is 10.1 Å². The number of aromatic nitrogens is 1. The molecule has 0 saturated heterocycles. The summed E-state index contributed by atoms with van der Waals surface area (Å²) in [6, 6.07) is 2.23. The smallest absolute Gasteiger partial charge is 0.462 e. The highest BCUT2D eigenvalue weighted by atomic mass is 32.2. The number of nitrogens with one attached hydrogen (secondary N) is 1. The molecule has 0 aliphatic carbocycles. The van der Waals surface area contributed by atoms with Crippen LogP contribution in [0.5, 0.6) is 5.88 Å². The lowest BCUT2D eigenvalue weighted by Crippen LogP contribution is -2.28. The second-order valence-corrected chi connectivity index (χ2v) is 5.25. The first-order valence-corrected chi connectivity index (χ1v) is 6.67. The number of carbonyl (C=O) groups is 1. The fourth-order valence-corrected chi connectivity index (χ4v) is 1.83. The Labute approximate surface area is 115 Å². The zero-order valence-electron chi connectivity index (χ0n) is 10.3. The molecule has 11 heteroatoms. The van der Waals surface area contributed by atoms with Gasteiger partial charge in [0, 0.05) is 18.5 Å². The number of halogens is 3. The lowest BCUT2D eigenvalue weighted by Gasteiger charge is -2.09. The molecule has 0 bridgehead atoms. The van der Waals surface area contributed by atoms with E-state index in [1.54, 1.807) is 0 Å². The zero-order valence-corrected chi connectivity index (χ0v) is 11.1. The van der Waals surface area contributed by atoms with Gasteiger partial charge in [-0.15, -0.1) is 0 Å². The molecule has 2 aromatic heterocycles. The van der Waals surface area contributed by atoms with Crippen LogP contribution >= 0.6 is 0 Å². The number of alkyl halides is 3. The number of nitrogens with zero attached hydrogens (tertiary/aromatic N) is 1. The quantitative estimate of drug-likeness (QED) is 0.677. The summed E-state index contributed by atoms with van der Waals surface area (Å²) in [7, 11) is -4.61. The number of hydrogen-bond acceptors (Lipinski definition) is 6. The van der Waals surface area contributed by atoms with Crippen molar-refractivity contribution in [3.63, 3.8) is 0 Å². The molecular formula is C10H7F3N2O5S. The second-order valence-electron chi connectivity index (χ2n) is 3.71. The first-order valence-electron chi connectivity index (χ1n) is 5.27. The third-order valence-electron chi connectivity index (χ3n) is 2.33. The Hall–Kier alpha value is -2.30. The van der Waals surface area contributed by atoms with Crippen LogP contribution in [0.1, 0.15) is 10.5 Å². The molecule has 0 aliphatic rings. The van der Waals surface area contributed by atoms with Crippen molar-refractivity contribution in [2.24, 2.45) is 0 Å². The topological polar surface area (TPSA) is 98.5 Å². The van der Waals surface area contributed by atoms with Gasteiger partial charge in [-0.3, -0.25) is 4.79 Å². The van der Waals surface area contributed by atoms with Gasteiger partial charge in [-0.25, -0.2) is 4.98 Å². The van der Waals surface area contributed by atoms with Crippen LogP contribution < -0.4 is 9.50 Å². The van der Waals surface area contributed by atoms with Crippen LogP contribution in [0.25, 0.3) is 11.0 Å². The molecule has 2 aromatic rings. The number of hydrogen-bond donors (Lipinski definition) is 1. The lowest BCUT2D eigenvalue weighted by atomic mass is 10.2. The fraction of sp³-hybridized carbons (Fsp3) is 0.200. The second kappa shape index (κ2) is 4.91. The molecule has 2 rings (SSSR count). The normalized spacial score (nSPS) is 12.4. The molecule has 0 atom stereocenters. The molecule has 0 saturated carbocycles. The van der Waals surface area contributed by atoms with Gasteiger partial charge in [0.25, 0.3) is 5.91 Å². The summed E-state index contributed by atoms with van der Waals surface area (Å²) < 4.78 is 67.5. The Morgan fingerprint density at radius 1 is 1.43 bits per heavy atom. The van der Waals surface area contributed by atoms with Crippen LogP contribution in [0, 0.1) is 0 Å². The molecule has 114 valence electrons. The van der Waals surface area contributed by atoms with Gasteiger partial charge in [-0.2, -0.15) is 21.6 Å². The highest BCUT2D eigenvalue weighted by Crippen LogP contribution is 2.29. The number of furan rings is 1. The summed E-state index contributed by atoms with van der Waals surface area (Å²) in [5, 5.41) is 2.36. The van der Waals surface area contributed by atoms with E-state index in [0.29, 0.717) is 0 Å². The van der Waals surface area contributed by atoms with Crippen molar-refractivity contribution >= 4 is 27.0 Å². The summed E-state index contributed by atoms with van der Waals surface area (Å²) in [5.74, 6) is -1.66. The van der Waals surface area contributed by atoms with E-state index in [9.17, 15) is 26.4 Å². The average molecular weight is 324 g/mol. The molecule has 0 aromatic carbocycles. The fourth-order valence-electron chi connectivity index (χ4n) is 1.43. The van der Waals surface area contributed by atoms with Crippen LogP contribution in [-0.4, -0.2) is 31.9 Å². The number of pyridine rings is 1. The van der Waals surface area contributed by atoms with Gasteiger partial charge in [0.1, 0.15) is 0 Å². The van der Waals surface area contributed by atoms with Gasteiger partial charge in [-0.05, 0) is 6.07 Å². The van der Waals surface area contributed by atoms with Crippen LogP contribution in [0.4, 0.5) is 13.2 Å². The molecule has 0 aliphatic heterocycles. The number of carbonyl (C=O) groups excluding carboxylic acids is 1. The molecule has 21 heavy (non-hydrogen) atoms. The van der Waals surface area contributed by atoms with E-state index >= 15 is 0 Å². The molecule has 0 radical (unpaired) electrons. The summed E-state index contributed by atoms with van der Waals surface area (Å²) >= 11 is 0. The van der Waals surface area contributed by atoms with Gasteiger partial charge < -0.3 is 13.9 Å². The van der Waals surface area contributed by atoms with E-state index in [1.807, 2.05) is 0 Å². The summed E-state index contributed by atoms with van der Waals surface area (Å²) in [5.41, 5.74) is -6.01. The van der Waals surface area contributed by atoms with Crippen molar-refractivity contribution in [3.8, 4) is 5.88 Å². The summed E-state index contributed by atoms with van der Waals surface area (Å²) in [4.78, 5) is 15.0. The van der Waals surface area contributed by atoms with E-state index in [0.717, 1.165) is 6.07 Å². The monoisotopic (exact) mass is 324 g/mol. The van der Waals surface area contributed by atoms with Crippen molar-refractivity contribution in [3.05, 3.63) is 24.1 Å². The van der Waals surface area contributed by atoms with Crippen molar-refractivity contribution in [2.45, 2.75) is 5.51 Å². The highest BCUT2D eigenvalue weighted by Gasteiger charge is 2.49. The summed E-state index contributed by atoms with van der Waals surface area (Å²) in [6.07, 6.45) is 1.17. The van der Waals surface area contributed by atoms with Gasteiger partial charge >= 0.3 is 15.6 Å². The number of amides is 1. The van der Waals surface area contributed by atoms with E-state index in [1.165, 1.54) is 19.4 Å². The first kappa shape index (κ1) is 15.1. The van der Waals surface area contributed by atoms with Crippen LogP contribution in [0.15, 0.2) is 22.8 Å². The standard InChI is InChI=1S/C10H7F3N2O5S/c1-14-9(16)7-8-5(2-3-19-8)4-6(15-7)20-21(17,18)10(11,12)13/h2-4H,1H3,(H,14,16). The Morgan fingerprint density at radius 3 is 2.67 bits per heavy atom. The van der Waals surface area contributed by atoms with Gasteiger partial charge in [0.15, 0.2) is 11.3 Å². The summed E-state index contributed by atoms with van der Waals surface area (Å²) in [6.45, 7) is 0. The Bertz CT molecular complexity index is 797. The molecule has 0 fully saturated rings. The largest absolute Gasteiger partial charge is 0.534 e. The Balaban J connectivity index is 2.54. The number of rotatable bonds is 3. The van der Waals surface area contributed by atoms with E-state index in [-0.39, 0.29) is 11.0 Å². The third-order valence-corrected chi connectivity index (χ3v) is 3.29. The van der Waals surface area contributed by atoms with Crippen molar-refractivity contribution in [2.75, 3.05) is 7.05 Å². The predicted molar refractivity (Wildman–Crippen MR) is 63.0 cm³/mol. The molecule has 0 unspecified atom stereocenters. The Morgan fingerprint density at radius 2 is 2.10 bits per heavy atom. The van der Waals surface area contributed by atoms with Crippen LogP contribution in [0.2, 0.25) is 0 Å². The number of fused-ring (bicyclic) bond motifs is 1. The van der Waals surface area contributed by atoms with Gasteiger partial charge in [-0.1, -0.05) is 0 Å². The maximum Gasteiger partial charge on any atom is 0.534 e. The maximum atomic E-state index is 12.3. The first-order chi connectivity index (χ1) is 9.65. The minimum absolute atomic E-state index is 0.00823. The molecule has 1 N–H and O–H groups in total. The minimum atomic E-state index is -5.88. The van der Waals surface area contributed by atoms with Gasteiger partial charge in [0.05, 0.1) is 6.26 Å². The van der Waals surface area contributed by atoms with Gasteiger partial charge in [0.2, 0.25) is 5.88 Å². The van der Waals surface area contributed by atoms with Crippen molar-refractivity contribution in [1.82, 2.24) is 10.3 Å². The molecule has 1 amide bonds. The molecule has 2 heterocycles. The average Bonchev–Trinajstić information content (AvgIpc) is 2.83. The van der Waals surface area contributed by atoms with E-state index in [2.05, 4.69) is 14.5 Å². The third kappa shape index (κ3) is 2.77. The van der Waals surface area contributed by atoms with E-state index in [4.69, 9.17) is 4.42 Å². The van der Waals surface area contributed by atoms with Crippen molar-refractivity contribution in [1.29, 1.82) is 0 Å². The minimum Gasteiger partial charge on any atom is -0.462 e. The SMILES string of the molecule is CNC(=O)c1nc(OS(=O)(=O)C(F)(F)F)cc2ccoc12. The lowest BCUT2D eigenvalue weighted by molar-refractivity contribution is -0.0501. The molecular weight excluding hydrogens is 317 g/mol.